The minimum atomic E-state index is -1.17. The minimum absolute atomic E-state index is 0.0736. The fourth-order valence-corrected chi connectivity index (χ4v) is 6.17. The molecule has 0 aliphatic carbocycles. The van der Waals surface area contributed by atoms with Crippen LogP contribution in [0.15, 0.2) is 24.3 Å². The summed E-state index contributed by atoms with van der Waals surface area (Å²) < 4.78 is 11.5. The quantitative estimate of drug-likeness (QED) is 0.0863. The summed E-state index contributed by atoms with van der Waals surface area (Å²) in [7, 11) is 2.35. The predicted octanol–water partition coefficient (Wildman–Crippen LogP) is 5.85. The summed E-state index contributed by atoms with van der Waals surface area (Å²) in [5.74, 6) is -3.67. The topological polar surface area (TPSA) is 127 Å². The van der Waals surface area contributed by atoms with E-state index in [1.165, 1.54) is 78.4 Å². The Kier molecular flexibility index (Phi) is 34.6. The second-order valence-electron chi connectivity index (χ2n) is 7.67. The summed E-state index contributed by atoms with van der Waals surface area (Å²) in [6, 6.07) is 0. The average Bonchev–Trinajstić information content (AvgIpc) is 2.84. The van der Waals surface area contributed by atoms with E-state index in [1.807, 2.05) is 0 Å². The number of ether oxygens (including phenoxy) is 2. The van der Waals surface area contributed by atoms with Crippen LogP contribution >= 0.6 is 0 Å². The molecule has 0 aliphatic heterocycles. The Balaban J connectivity index is -0.000000481. The molecule has 35 heavy (non-hydrogen) atoms. The van der Waals surface area contributed by atoms with Crippen molar-refractivity contribution < 1.29 is 38.9 Å². The van der Waals surface area contributed by atoms with Gasteiger partial charge in [0, 0.05) is 24.3 Å². The summed E-state index contributed by atoms with van der Waals surface area (Å²) >= 11 is 0.0736. The molecule has 0 fully saturated rings. The summed E-state index contributed by atoms with van der Waals surface area (Å²) in [5, 5.41) is 15.9. The molecule has 0 heterocycles. The fourth-order valence-electron chi connectivity index (χ4n) is 2.60. The number of carbonyl (C=O) groups excluding carboxylic acids is 2. The number of esters is 2. The minimum Gasteiger partial charge on any atom is -0.478 e. The second kappa shape index (κ2) is 32.2. The van der Waals surface area contributed by atoms with Gasteiger partial charge in [-0.15, -0.1) is 0 Å². The zero-order valence-corrected chi connectivity index (χ0v) is 24.9. The number of methoxy groups -OCH3 is 2. The maximum Gasteiger partial charge on any atom is 0.330 e. The van der Waals surface area contributed by atoms with Crippen molar-refractivity contribution in [2.45, 2.75) is 99.8 Å². The zero-order chi connectivity index (χ0) is 27.2. The molecule has 0 rings (SSSR count). The standard InChI is InChI=1S/2C8H17.2C5H6O4.Sn/c2*1-3-5-7-8-6-4-2;2*1-9-5(8)3-2-4(6)7;/h2*1,3-8H2,2H3;2*2-3H,1H3,(H,6,7);/b;;2*3-2-;. The van der Waals surface area contributed by atoms with Gasteiger partial charge in [-0.05, 0) is 0 Å². The third-order valence-electron chi connectivity index (χ3n) is 4.54. The number of carboxylic acid groups (broad SMARTS) is 2. The molecule has 0 saturated heterocycles. The molecule has 0 spiro atoms. The summed E-state index contributed by atoms with van der Waals surface area (Å²) in [5.41, 5.74) is 0. The van der Waals surface area contributed by atoms with Crippen molar-refractivity contribution in [3.63, 3.8) is 0 Å². The van der Waals surface area contributed by atoms with E-state index < -0.39 is 23.9 Å². The molecule has 8 nitrogen and oxygen atoms in total. The van der Waals surface area contributed by atoms with E-state index in [2.05, 4.69) is 23.3 Å². The molecular formula is C26H46O8Sn. The Labute approximate surface area is 221 Å². The van der Waals surface area contributed by atoms with Gasteiger partial charge in [-0.25, -0.2) is 19.2 Å². The number of aliphatic carboxylic acids is 2. The number of hydrogen-bond acceptors (Lipinski definition) is 6. The molecule has 0 bridgehead atoms. The molecule has 0 unspecified atom stereocenters. The van der Waals surface area contributed by atoms with E-state index in [0.717, 1.165) is 12.2 Å². The van der Waals surface area contributed by atoms with Crippen LogP contribution in [-0.4, -0.2) is 69.5 Å². The van der Waals surface area contributed by atoms with Crippen molar-refractivity contribution in [1.82, 2.24) is 0 Å². The van der Waals surface area contributed by atoms with E-state index >= 15 is 0 Å². The summed E-state index contributed by atoms with van der Waals surface area (Å²) in [6.07, 6.45) is 20.9. The van der Waals surface area contributed by atoms with E-state index in [-0.39, 0.29) is 21.1 Å². The number of carboxylic acids is 2. The van der Waals surface area contributed by atoms with Crippen LogP contribution in [-0.2, 0) is 28.7 Å². The SMILES string of the molecule is CCCCCCC[CH2][Sn][CH2]CCCCCCC.COC(=O)/C=C\C(=O)O.COC(=O)/C=C\C(=O)O. The van der Waals surface area contributed by atoms with E-state index in [4.69, 9.17) is 10.2 Å². The normalized spacial score (nSPS) is 10.2. The van der Waals surface area contributed by atoms with Gasteiger partial charge < -0.3 is 19.7 Å². The number of hydrogen-bond donors (Lipinski definition) is 2. The molecule has 0 saturated carbocycles. The van der Waals surface area contributed by atoms with Crippen LogP contribution in [0, 0.1) is 0 Å². The number of unbranched alkanes of at least 4 members (excludes halogenated alkanes) is 10. The van der Waals surface area contributed by atoms with Crippen molar-refractivity contribution in [3.8, 4) is 0 Å². The third-order valence-corrected chi connectivity index (χ3v) is 8.58. The monoisotopic (exact) mass is 606 g/mol. The maximum atomic E-state index is 10.1. The first-order valence-corrected chi connectivity index (χ1v) is 16.5. The smallest absolute Gasteiger partial charge is 0.330 e. The third kappa shape index (κ3) is 42.7. The van der Waals surface area contributed by atoms with Crippen molar-refractivity contribution in [1.29, 1.82) is 0 Å². The molecule has 0 atom stereocenters. The molecule has 2 N–H and O–H groups in total. The first-order valence-electron chi connectivity index (χ1n) is 12.4. The molecular weight excluding hydrogens is 559 g/mol. The molecule has 9 heteroatoms. The molecule has 2 radical (unpaired) electrons. The fraction of sp³-hybridized carbons (Fsp3) is 0.692. The Morgan fingerprint density at radius 3 is 1.17 bits per heavy atom. The molecule has 0 aromatic rings. The van der Waals surface area contributed by atoms with Gasteiger partial charge in [-0.2, -0.15) is 0 Å². The van der Waals surface area contributed by atoms with Gasteiger partial charge in [0.25, 0.3) is 0 Å². The summed E-state index contributed by atoms with van der Waals surface area (Å²) in [6.45, 7) is 4.60. The Bertz CT molecular complexity index is 538. The largest absolute Gasteiger partial charge is 0.478 e. The number of rotatable bonds is 18. The van der Waals surface area contributed by atoms with Gasteiger partial charge in [0.15, 0.2) is 0 Å². The molecule has 0 aliphatic rings. The predicted molar refractivity (Wildman–Crippen MR) is 140 cm³/mol. The zero-order valence-electron chi connectivity index (χ0n) is 22.1. The van der Waals surface area contributed by atoms with Gasteiger partial charge in [-0.3, -0.25) is 0 Å². The van der Waals surface area contributed by atoms with Crippen molar-refractivity contribution >= 4 is 45.0 Å². The Morgan fingerprint density at radius 1 is 0.571 bits per heavy atom. The molecule has 202 valence electrons. The summed E-state index contributed by atoms with van der Waals surface area (Å²) in [4.78, 5) is 39.7. The Hall–Kier alpha value is -1.84. The molecule has 0 amide bonds. The van der Waals surface area contributed by atoms with E-state index in [0.29, 0.717) is 12.2 Å². The van der Waals surface area contributed by atoms with Gasteiger partial charge in [0.05, 0.1) is 14.2 Å². The second-order valence-corrected chi connectivity index (χ2v) is 12.0. The Morgan fingerprint density at radius 2 is 0.886 bits per heavy atom. The number of carbonyl (C=O) groups is 4. The first kappa shape index (κ1) is 37.7. The van der Waals surface area contributed by atoms with Crippen LogP contribution in [0.1, 0.15) is 90.9 Å². The average molecular weight is 605 g/mol. The van der Waals surface area contributed by atoms with E-state index in [1.54, 1.807) is 21.7 Å². The van der Waals surface area contributed by atoms with Crippen LogP contribution in [0.5, 0.6) is 0 Å². The van der Waals surface area contributed by atoms with Gasteiger partial charge >= 0.3 is 145 Å². The molecule has 0 aromatic carbocycles. The maximum absolute atomic E-state index is 10.1. The van der Waals surface area contributed by atoms with Crippen molar-refractivity contribution in [3.05, 3.63) is 24.3 Å². The molecule has 0 aromatic heterocycles. The first-order chi connectivity index (χ1) is 16.7. The van der Waals surface area contributed by atoms with Crippen LogP contribution in [0.2, 0.25) is 8.87 Å². The van der Waals surface area contributed by atoms with Crippen molar-refractivity contribution in [2.75, 3.05) is 14.2 Å². The van der Waals surface area contributed by atoms with Crippen LogP contribution < -0.4 is 0 Å². The van der Waals surface area contributed by atoms with E-state index in [9.17, 15) is 19.2 Å². The van der Waals surface area contributed by atoms with Crippen LogP contribution in [0.25, 0.3) is 0 Å². The van der Waals surface area contributed by atoms with Crippen LogP contribution in [0.4, 0.5) is 0 Å². The van der Waals surface area contributed by atoms with Gasteiger partial charge in [0.2, 0.25) is 0 Å². The van der Waals surface area contributed by atoms with Gasteiger partial charge in [-0.1, -0.05) is 0 Å². The van der Waals surface area contributed by atoms with Crippen molar-refractivity contribution in [2.24, 2.45) is 0 Å². The van der Waals surface area contributed by atoms with Gasteiger partial charge in [0.1, 0.15) is 0 Å². The van der Waals surface area contributed by atoms with Crippen LogP contribution in [0.3, 0.4) is 0 Å².